The minimum atomic E-state index is -0.423. The highest BCUT2D eigenvalue weighted by Gasteiger charge is 2.23. The molecule has 0 atom stereocenters. The van der Waals surface area contributed by atoms with Gasteiger partial charge in [-0.15, -0.1) is 0 Å². The molecule has 0 aliphatic heterocycles. The minimum Gasteiger partial charge on any atom is -0.404 e. The van der Waals surface area contributed by atoms with Crippen LogP contribution in [0, 0.1) is 5.82 Å². The molecular weight excluding hydrogens is 421 g/mol. The van der Waals surface area contributed by atoms with Crippen molar-refractivity contribution in [1.29, 1.82) is 0 Å². The number of hydrogen-bond donors (Lipinski definition) is 3. The monoisotopic (exact) mass is 449 g/mol. The number of rotatable bonds is 7. The molecule has 9 heteroatoms. The van der Waals surface area contributed by atoms with E-state index in [-0.39, 0.29) is 24.2 Å². The van der Waals surface area contributed by atoms with Gasteiger partial charge in [-0.05, 0) is 56.0 Å². The van der Waals surface area contributed by atoms with Gasteiger partial charge in [0.15, 0.2) is 11.3 Å². The number of carbonyl (C=O) groups is 1. The average molecular weight is 450 g/mol. The van der Waals surface area contributed by atoms with Crippen LogP contribution in [0.4, 0.5) is 4.39 Å². The predicted octanol–water partition coefficient (Wildman–Crippen LogP) is 3.86. The number of allylic oxidation sites excluding steroid dienone is 1. The lowest BCUT2D eigenvalue weighted by atomic mass is 10.0. The molecule has 4 N–H and O–H groups in total. The standard InChI is InChI=1S/C24H28FN7O/c1-14(2)27-12-18(10-26)17-7-15(8-19(25)9-17)11-28-24(33)21-20-23(30-13-29-21)32-22(31-20)16-5-3-4-6-16/h7-10,12-14,16H,3-6,11,26H2,1-2H3,(H,28,33)(H,29,30,31,32). The van der Waals surface area contributed by atoms with Crippen LogP contribution in [-0.2, 0) is 6.54 Å². The second kappa shape index (κ2) is 9.89. The summed E-state index contributed by atoms with van der Waals surface area (Å²) in [4.78, 5) is 33.4. The van der Waals surface area contributed by atoms with Gasteiger partial charge in [0, 0.05) is 36.5 Å². The third kappa shape index (κ3) is 5.24. The average Bonchev–Trinajstić information content (AvgIpc) is 3.47. The van der Waals surface area contributed by atoms with Crippen molar-refractivity contribution >= 4 is 28.9 Å². The number of fused-ring (bicyclic) bond motifs is 1. The van der Waals surface area contributed by atoms with E-state index in [0.29, 0.717) is 33.8 Å². The van der Waals surface area contributed by atoms with E-state index in [0.717, 1.165) is 18.7 Å². The van der Waals surface area contributed by atoms with Gasteiger partial charge in [0.05, 0.1) is 0 Å². The van der Waals surface area contributed by atoms with Crippen molar-refractivity contribution in [1.82, 2.24) is 25.3 Å². The van der Waals surface area contributed by atoms with E-state index in [2.05, 4.69) is 30.2 Å². The van der Waals surface area contributed by atoms with Gasteiger partial charge in [0.2, 0.25) is 0 Å². The first kappa shape index (κ1) is 22.6. The van der Waals surface area contributed by atoms with Crippen LogP contribution >= 0.6 is 0 Å². The lowest BCUT2D eigenvalue weighted by Gasteiger charge is -2.09. The Morgan fingerprint density at radius 3 is 2.82 bits per heavy atom. The molecule has 8 nitrogen and oxygen atoms in total. The summed E-state index contributed by atoms with van der Waals surface area (Å²) in [7, 11) is 0. The van der Waals surface area contributed by atoms with Crippen molar-refractivity contribution in [2.24, 2.45) is 10.7 Å². The van der Waals surface area contributed by atoms with Crippen LogP contribution < -0.4 is 11.1 Å². The number of imidazole rings is 1. The number of nitrogens with two attached hydrogens (primary N) is 1. The zero-order chi connectivity index (χ0) is 23.4. The Balaban J connectivity index is 1.52. The number of aromatic amines is 1. The van der Waals surface area contributed by atoms with Gasteiger partial charge in [0.1, 0.15) is 23.5 Å². The van der Waals surface area contributed by atoms with Gasteiger partial charge in [-0.25, -0.2) is 19.3 Å². The Kier molecular flexibility index (Phi) is 6.76. The molecule has 1 amide bonds. The topological polar surface area (TPSA) is 122 Å². The maximum atomic E-state index is 14.3. The van der Waals surface area contributed by atoms with Crippen molar-refractivity contribution in [3.63, 3.8) is 0 Å². The molecule has 0 radical (unpaired) electrons. The Morgan fingerprint density at radius 2 is 2.09 bits per heavy atom. The summed E-state index contributed by atoms with van der Waals surface area (Å²) >= 11 is 0. The molecular formula is C24H28FN7O. The maximum Gasteiger partial charge on any atom is 0.272 e. The van der Waals surface area contributed by atoms with E-state index in [4.69, 9.17) is 5.73 Å². The van der Waals surface area contributed by atoms with E-state index >= 15 is 0 Å². The summed E-state index contributed by atoms with van der Waals surface area (Å²) in [6.45, 7) is 4.01. The van der Waals surface area contributed by atoms with Gasteiger partial charge in [-0.3, -0.25) is 9.79 Å². The summed E-state index contributed by atoms with van der Waals surface area (Å²) in [5, 5.41) is 2.82. The Morgan fingerprint density at radius 1 is 1.30 bits per heavy atom. The third-order valence-corrected chi connectivity index (χ3v) is 5.70. The van der Waals surface area contributed by atoms with Crippen LogP contribution in [0.2, 0.25) is 0 Å². The zero-order valence-corrected chi connectivity index (χ0v) is 18.8. The molecule has 1 fully saturated rings. The number of benzene rings is 1. The fourth-order valence-electron chi connectivity index (χ4n) is 4.04. The summed E-state index contributed by atoms with van der Waals surface area (Å²) in [5.74, 6) is 0.417. The number of hydrogen-bond acceptors (Lipinski definition) is 6. The first-order valence-corrected chi connectivity index (χ1v) is 11.2. The second-order valence-corrected chi connectivity index (χ2v) is 8.55. The minimum absolute atomic E-state index is 0.0913. The fourth-order valence-corrected chi connectivity index (χ4v) is 4.04. The van der Waals surface area contributed by atoms with Crippen LogP contribution in [0.3, 0.4) is 0 Å². The first-order valence-electron chi connectivity index (χ1n) is 11.2. The van der Waals surface area contributed by atoms with E-state index in [1.807, 2.05) is 13.8 Å². The van der Waals surface area contributed by atoms with Crippen LogP contribution in [-0.4, -0.2) is 38.1 Å². The smallest absolute Gasteiger partial charge is 0.272 e. The van der Waals surface area contributed by atoms with Crippen molar-refractivity contribution in [2.75, 3.05) is 0 Å². The van der Waals surface area contributed by atoms with Crippen molar-refractivity contribution in [2.45, 2.75) is 58.0 Å². The van der Waals surface area contributed by atoms with Crippen LogP contribution in [0.15, 0.2) is 35.7 Å². The molecule has 2 heterocycles. The summed E-state index contributed by atoms with van der Waals surface area (Å²) in [6, 6.07) is 4.63. The highest BCUT2D eigenvalue weighted by Crippen LogP contribution is 2.33. The number of aliphatic imine (C=N–C) groups is 1. The molecule has 1 aliphatic rings. The quantitative estimate of drug-likeness (QED) is 0.473. The molecule has 0 bridgehead atoms. The highest BCUT2D eigenvalue weighted by atomic mass is 19.1. The molecule has 0 saturated heterocycles. The van der Waals surface area contributed by atoms with Gasteiger partial charge >= 0.3 is 0 Å². The number of carbonyl (C=O) groups excluding carboxylic acids is 1. The maximum absolute atomic E-state index is 14.3. The van der Waals surface area contributed by atoms with E-state index in [1.165, 1.54) is 37.5 Å². The van der Waals surface area contributed by atoms with Crippen LogP contribution in [0.1, 0.15) is 72.9 Å². The predicted molar refractivity (Wildman–Crippen MR) is 126 cm³/mol. The molecule has 3 aromatic rings. The van der Waals surface area contributed by atoms with Crippen LogP contribution in [0.5, 0.6) is 0 Å². The number of nitrogens with one attached hydrogen (secondary N) is 2. The molecule has 172 valence electrons. The lowest BCUT2D eigenvalue weighted by Crippen LogP contribution is -2.24. The zero-order valence-electron chi connectivity index (χ0n) is 18.8. The van der Waals surface area contributed by atoms with E-state index in [9.17, 15) is 9.18 Å². The fraction of sp³-hybridized carbons (Fsp3) is 0.375. The number of nitrogens with zero attached hydrogens (tertiary/aromatic N) is 4. The van der Waals surface area contributed by atoms with E-state index < -0.39 is 5.82 Å². The molecule has 1 aliphatic carbocycles. The van der Waals surface area contributed by atoms with Gasteiger partial charge < -0.3 is 16.0 Å². The number of aromatic nitrogens is 4. The summed E-state index contributed by atoms with van der Waals surface area (Å²) < 4.78 is 14.3. The lowest BCUT2D eigenvalue weighted by molar-refractivity contribution is 0.0947. The van der Waals surface area contributed by atoms with E-state index in [1.54, 1.807) is 12.3 Å². The van der Waals surface area contributed by atoms with Gasteiger partial charge in [0.25, 0.3) is 5.91 Å². The number of halogens is 1. The Hall–Kier alpha value is -3.62. The molecule has 1 aromatic carbocycles. The number of H-pyrrole nitrogens is 1. The molecule has 0 unspecified atom stereocenters. The SMILES string of the molecule is CC(C)N=CC(=CN)c1cc(F)cc(CNC(=O)c2ncnc3nc(C4CCCC4)[nH]c23)c1. The van der Waals surface area contributed by atoms with Crippen molar-refractivity contribution in [3.05, 3.63) is 59.2 Å². The Labute approximate surface area is 191 Å². The van der Waals surface area contributed by atoms with Gasteiger partial charge in [-0.1, -0.05) is 12.8 Å². The molecule has 4 rings (SSSR count). The Bertz CT molecular complexity index is 1210. The normalized spacial score (nSPS) is 15.2. The largest absolute Gasteiger partial charge is 0.404 e. The van der Waals surface area contributed by atoms with Gasteiger partial charge in [-0.2, -0.15) is 0 Å². The third-order valence-electron chi connectivity index (χ3n) is 5.70. The molecule has 0 spiro atoms. The first-order chi connectivity index (χ1) is 15.9. The highest BCUT2D eigenvalue weighted by molar-refractivity contribution is 6.09. The number of amides is 1. The van der Waals surface area contributed by atoms with Crippen molar-refractivity contribution < 1.29 is 9.18 Å². The van der Waals surface area contributed by atoms with Crippen molar-refractivity contribution in [3.8, 4) is 0 Å². The van der Waals surface area contributed by atoms with Crippen LogP contribution in [0.25, 0.3) is 16.7 Å². The molecule has 33 heavy (non-hydrogen) atoms. The summed E-state index contributed by atoms with van der Waals surface area (Å²) in [5.41, 5.74) is 8.73. The summed E-state index contributed by atoms with van der Waals surface area (Å²) in [6.07, 6.45) is 8.88. The molecule has 1 saturated carbocycles. The second-order valence-electron chi connectivity index (χ2n) is 8.55. The molecule has 2 aromatic heterocycles.